The number of benzene rings is 1. The lowest BCUT2D eigenvalue weighted by Crippen LogP contribution is -2.12. The molecule has 0 aliphatic carbocycles. The van der Waals surface area contributed by atoms with Gasteiger partial charge in [-0.1, -0.05) is 6.07 Å². The molecule has 0 aliphatic rings. The number of nitrogens with zero attached hydrogens (tertiary/aromatic N) is 2. The first-order chi connectivity index (χ1) is 9.49. The molecule has 1 aromatic carbocycles. The molecule has 7 heteroatoms. The first-order valence-electron chi connectivity index (χ1n) is 5.71. The Morgan fingerprint density at radius 1 is 1.40 bits per heavy atom. The van der Waals surface area contributed by atoms with Crippen molar-refractivity contribution in [2.45, 2.75) is 6.92 Å². The molecule has 3 N–H and O–H groups in total. The quantitative estimate of drug-likeness (QED) is 0.383. The van der Waals surface area contributed by atoms with Crippen molar-refractivity contribution in [2.24, 2.45) is 5.73 Å². The van der Waals surface area contributed by atoms with Crippen LogP contribution in [0.15, 0.2) is 36.5 Å². The van der Waals surface area contributed by atoms with Crippen LogP contribution in [0.25, 0.3) is 0 Å². The molecule has 1 heterocycles. The normalized spacial score (nSPS) is 10.1. The standard InChI is InChI=1S/C13H12N4O3/c1-8-11(17(18)19)3-2-4-12(8)20-9-5-6-10(13(14)15)16-7-9/h2-7H,1H3,(H3,14,15). The lowest BCUT2D eigenvalue weighted by atomic mass is 10.2. The van der Waals surface area contributed by atoms with Crippen molar-refractivity contribution in [3.05, 3.63) is 57.9 Å². The van der Waals surface area contributed by atoms with Gasteiger partial charge in [-0.15, -0.1) is 0 Å². The molecule has 2 rings (SSSR count). The molecule has 7 nitrogen and oxygen atoms in total. The zero-order chi connectivity index (χ0) is 14.7. The fraction of sp³-hybridized carbons (Fsp3) is 0.0769. The van der Waals surface area contributed by atoms with E-state index in [1.807, 2.05) is 0 Å². The van der Waals surface area contributed by atoms with Gasteiger partial charge in [-0.25, -0.2) is 4.98 Å². The van der Waals surface area contributed by atoms with Gasteiger partial charge in [0.25, 0.3) is 5.69 Å². The number of rotatable bonds is 4. The van der Waals surface area contributed by atoms with E-state index in [4.69, 9.17) is 15.9 Å². The summed E-state index contributed by atoms with van der Waals surface area (Å²) in [6, 6.07) is 7.75. The van der Waals surface area contributed by atoms with Crippen LogP contribution in [-0.4, -0.2) is 15.7 Å². The molecule has 0 atom stereocenters. The summed E-state index contributed by atoms with van der Waals surface area (Å²) in [4.78, 5) is 14.3. The molecule has 0 amide bonds. The predicted molar refractivity (Wildman–Crippen MR) is 73.2 cm³/mol. The second-order valence-electron chi connectivity index (χ2n) is 4.05. The third-order valence-electron chi connectivity index (χ3n) is 2.69. The fourth-order valence-corrected chi connectivity index (χ4v) is 1.64. The smallest absolute Gasteiger partial charge is 0.276 e. The first-order valence-corrected chi connectivity index (χ1v) is 5.71. The summed E-state index contributed by atoms with van der Waals surface area (Å²) >= 11 is 0. The maximum absolute atomic E-state index is 10.8. The SMILES string of the molecule is Cc1c(Oc2ccc(C(=N)N)nc2)cccc1[N+](=O)[O-]. The monoisotopic (exact) mass is 272 g/mol. The number of ether oxygens (including phenoxy) is 1. The highest BCUT2D eigenvalue weighted by Crippen LogP contribution is 2.30. The Labute approximate surface area is 114 Å². The summed E-state index contributed by atoms with van der Waals surface area (Å²) in [7, 11) is 0. The molecule has 2 aromatic rings. The van der Waals surface area contributed by atoms with Gasteiger partial charge in [0, 0.05) is 6.07 Å². The zero-order valence-electron chi connectivity index (χ0n) is 10.7. The van der Waals surface area contributed by atoms with Gasteiger partial charge in [-0.2, -0.15) is 0 Å². The van der Waals surface area contributed by atoms with Crippen molar-refractivity contribution >= 4 is 11.5 Å². The van der Waals surface area contributed by atoms with Crippen molar-refractivity contribution in [3.8, 4) is 11.5 Å². The number of nitrogens with one attached hydrogen (secondary N) is 1. The number of aromatic nitrogens is 1. The second-order valence-corrected chi connectivity index (χ2v) is 4.05. The van der Waals surface area contributed by atoms with Gasteiger partial charge >= 0.3 is 0 Å². The minimum atomic E-state index is -0.459. The molecule has 0 radical (unpaired) electrons. The van der Waals surface area contributed by atoms with Crippen LogP contribution in [0.1, 0.15) is 11.3 Å². The largest absolute Gasteiger partial charge is 0.455 e. The Morgan fingerprint density at radius 2 is 2.15 bits per heavy atom. The van der Waals surface area contributed by atoms with Crippen molar-refractivity contribution in [1.29, 1.82) is 5.41 Å². The van der Waals surface area contributed by atoms with Gasteiger partial charge in [-0.3, -0.25) is 15.5 Å². The minimum Gasteiger partial charge on any atom is -0.455 e. The Kier molecular flexibility index (Phi) is 3.60. The molecule has 0 unspecified atom stereocenters. The molecule has 0 bridgehead atoms. The van der Waals surface area contributed by atoms with E-state index in [0.29, 0.717) is 22.8 Å². The molecule has 102 valence electrons. The van der Waals surface area contributed by atoms with Crippen molar-refractivity contribution in [3.63, 3.8) is 0 Å². The average Bonchev–Trinajstić information content (AvgIpc) is 2.41. The number of amidine groups is 1. The summed E-state index contributed by atoms with van der Waals surface area (Å²) in [5.41, 5.74) is 6.07. The number of nitrogens with two attached hydrogens (primary N) is 1. The first kappa shape index (κ1) is 13.5. The van der Waals surface area contributed by atoms with Crippen LogP contribution in [0.2, 0.25) is 0 Å². The van der Waals surface area contributed by atoms with E-state index >= 15 is 0 Å². The Hall–Kier alpha value is -2.96. The average molecular weight is 272 g/mol. The summed E-state index contributed by atoms with van der Waals surface area (Å²) in [6.45, 7) is 1.62. The maximum Gasteiger partial charge on any atom is 0.276 e. The van der Waals surface area contributed by atoms with Crippen LogP contribution in [0, 0.1) is 22.4 Å². The number of hydrogen-bond acceptors (Lipinski definition) is 5. The summed E-state index contributed by atoms with van der Waals surface area (Å²) in [5, 5.41) is 18.1. The molecule has 0 saturated heterocycles. The van der Waals surface area contributed by atoms with Crippen molar-refractivity contribution in [2.75, 3.05) is 0 Å². The van der Waals surface area contributed by atoms with Gasteiger partial charge in [0.15, 0.2) is 0 Å². The van der Waals surface area contributed by atoms with E-state index in [1.54, 1.807) is 31.2 Å². The van der Waals surface area contributed by atoms with Gasteiger partial charge < -0.3 is 10.5 Å². The Bertz CT molecular complexity index is 668. The number of nitro benzene ring substituents is 1. The molecule has 0 aliphatic heterocycles. The molecule has 1 aromatic heterocycles. The van der Waals surface area contributed by atoms with Crippen LogP contribution in [-0.2, 0) is 0 Å². The van der Waals surface area contributed by atoms with Crippen LogP contribution in [0.3, 0.4) is 0 Å². The van der Waals surface area contributed by atoms with E-state index in [-0.39, 0.29) is 11.5 Å². The van der Waals surface area contributed by atoms with Gasteiger partial charge in [-0.05, 0) is 25.1 Å². The third-order valence-corrected chi connectivity index (χ3v) is 2.69. The predicted octanol–water partition coefficient (Wildman–Crippen LogP) is 2.37. The van der Waals surface area contributed by atoms with Crippen LogP contribution < -0.4 is 10.5 Å². The highest BCUT2D eigenvalue weighted by Gasteiger charge is 2.14. The topological polar surface area (TPSA) is 115 Å². The van der Waals surface area contributed by atoms with E-state index in [9.17, 15) is 10.1 Å². The lowest BCUT2D eigenvalue weighted by molar-refractivity contribution is -0.385. The van der Waals surface area contributed by atoms with E-state index < -0.39 is 4.92 Å². The van der Waals surface area contributed by atoms with Gasteiger partial charge in [0.05, 0.1) is 16.7 Å². The van der Waals surface area contributed by atoms with Gasteiger partial charge in [0.1, 0.15) is 23.0 Å². The highest BCUT2D eigenvalue weighted by molar-refractivity contribution is 5.92. The van der Waals surface area contributed by atoms with Crippen molar-refractivity contribution in [1.82, 2.24) is 4.98 Å². The molecular formula is C13H12N4O3. The van der Waals surface area contributed by atoms with Gasteiger partial charge in [0.2, 0.25) is 0 Å². The van der Waals surface area contributed by atoms with Crippen LogP contribution in [0.5, 0.6) is 11.5 Å². The lowest BCUT2D eigenvalue weighted by Gasteiger charge is -2.08. The van der Waals surface area contributed by atoms with E-state index in [1.165, 1.54) is 12.3 Å². The number of nitrogen functional groups attached to an aromatic ring is 1. The summed E-state index contributed by atoms with van der Waals surface area (Å²) in [5.74, 6) is 0.665. The molecule has 0 spiro atoms. The minimum absolute atomic E-state index is 0.00387. The third kappa shape index (κ3) is 2.72. The second kappa shape index (κ2) is 5.35. The molecule has 20 heavy (non-hydrogen) atoms. The molecule has 0 fully saturated rings. The summed E-state index contributed by atoms with van der Waals surface area (Å²) in [6.07, 6.45) is 1.41. The molecular weight excluding hydrogens is 260 g/mol. The van der Waals surface area contributed by atoms with Crippen LogP contribution in [0.4, 0.5) is 5.69 Å². The van der Waals surface area contributed by atoms with Crippen LogP contribution >= 0.6 is 0 Å². The Balaban J connectivity index is 2.28. The number of hydrogen-bond donors (Lipinski definition) is 2. The Morgan fingerprint density at radius 3 is 2.70 bits per heavy atom. The fourth-order valence-electron chi connectivity index (χ4n) is 1.64. The summed E-state index contributed by atoms with van der Waals surface area (Å²) < 4.78 is 5.56. The zero-order valence-corrected chi connectivity index (χ0v) is 10.7. The maximum atomic E-state index is 10.8. The number of pyridine rings is 1. The number of nitro groups is 1. The van der Waals surface area contributed by atoms with E-state index in [0.717, 1.165) is 0 Å². The van der Waals surface area contributed by atoms with Crippen molar-refractivity contribution < 1.29 is 9.66 Å². The van der Waals surface area contributed by atoms with E-state index in [2.05, 4.69) is 4.98 Å². The molecule has 0 saturated carbocycles. The highest BCUT2D eigenvalue weighted by atomic mass is 16.6.